The van der Waals surface area contributed by atoms with Crippen molar-refractivity contribution in [3.05, 3.63) is 60.7 Å². The number of methoxy groups -OCH3 is 2. The fourth-order valence-electron chi connectivity index (χ4n) is 2.18. The van der Waals surface area contributed by atoms with Crippen LogP contribution >= 0.6 is 0 Å². The summed E-state index contributed by atoms with van der Waals surface area (Å²) in [6.45, 7) is 0. The van der Waals surface area contributed by atoms with Gasteiger partial charge in [-0.05, 0) is 36.4 Å². The molecule has 3 aromatic rings. The van der Waals surface area contributed by atoms with E-state index in [1.165, 1.54) is 6.26 Å². The molecule has 1 amide bonds. The lowest BCUT2D eigenvalue weighted by molar-refractivity contribution is 0.0996. The second-order valence-electron chi connectivity index (χ2n) is 5.05. The Bertz CT molecular complexity index is 845. The number of aromatic nitrogens is 1. The number of benzene rings is 1. The third kappa shape index (κ3) is 3.89. The second-order valence-corrected chi connectivity index (χ2v) is 5.05. The molecule has 0 saturated carbocycles. The first kappa shape index (κ1) is 16.4. The van der Waals surface area contributed by atoms with Gasteiger partial charge in [0.05, 0.1) is 38.1 Å². The molecule has 0 bridgehead atoms. The van der Waals surface area contributed by atoms with Gasteiger partial charge in [-0.25, -0.2) is 4.98 Å². The van der Waals surface area contributed by atoms with Gasteiger partial charge in [0.15, 0.2) is 5.76 Å². The second kappa shape index (κ2) is 7.39. The van der Waals surface area contributed by atoms with Crippen LogP contribution in [-0.4, -0.2) is 25.1 Å². The average Bonchev–Trinajstić information content (AvgIpc) is 3.18. The summed E-state index contributed by atoms with van der Waals surface area (Å²) in [5.41, 5.74) is 1.52. The average molecular weight is 339 g/mol. The van der Waals surface area contributed by atoms with Gasteiger partial charge in [-0.2, -0.15) is 0 Å². The summed E-state index contributed by atoms with van der Waals surface area (Å²) in [6.07, 6.45) is 3.05. The van der Waals surface area contributed by atoms with Crippen LogP contribution < -0.4 is 20.1 Å². The summed E-state index contributed by atoms with van der Waals surface area (Å²) in [6, 6.07) is 12.2. The monoisotopic (exact) mass is 339 g/mol. The minimum Gasteiger partial charge on any atom is -0.497 e. The number of nitrogens with one attached hydrogen (secondary N) is 2. The molecule has 25 heavy (non-hydrogen) atoms. The minimum atomic E-state index is -0.352. The highest BCUT2D eigenvalue weighted by Gasteiger charge is 2.10. The van der Waals surface area contributed by atoms with Gasteiger partial charge in [0.25, 0.3) is 5.91 Å². The highest BCUT2D eigenvalue weighted by molar-refractivity contribution is 6.01. The number of hydrogen-bond donors (Lipinski definition) is 2. The Balaban J connectivity index is 1.69. The lowest BCUT2D eigenvalue weighted by Gasteiger charge is -2.12. The maximum absolute atomic E-state index is 11.9. The van der Waals surface area contributed by atoms with E-state index in [4.69, 9.17) is 13.9 Å². The number of hydrogen-bond acceptors (Lipinski definition) is 6. The van der Waals surface area contributed by atoms with Gasteiger partial charge >= 0.3 is 0 Å². The number of pyridine rings is 1. The van der Waals surface area contributed by atoms with Crippen molar-refractivity contribution >= 4 is 23.1 Å². The fraction of sp³-hybridized carbons (Fsp3) is 0.111. The van der Waals surface area contributed by atoms with Gasteiger partial charge in [-0.1, -0.05) is 0 Å². The molecule has 0 saturated heterocycles. The van der Waals surface area contributed by atoms with Crippen molar-refractivity contribution in [1.29, 1.82) is 0 Å². The number of anilines is 3. The van der Waals surface area contributed by atoms with Crippen LogP contribution in [0.1, 0.15) is 10.6 Å². The van der Waals surface area contributed by atoms with Crippen LogP contribution in [0.3, 0.4) is 0 Å². The Labute approximate surface area is 144 Å². The predicted octanol–water partition coefficient (Wildman–Crippen LogP) is 3.69. The van der Waals surface area contributed by atoms with Gasteiger partial charge in [-0.3, -0.25) is 4.79 Å². The van der Waals surface area contributed by atoms with E-state index in [1.54, 1.807) is 50.7 Å². The zero-order chi connectivity index (χ0) is 17.6. The van der Waals surface area contributed by atoms with E-state index >= 15 is 0 Å². The van der Waals surface area contributed by atoms with Crippen LogP contribution in [0.15, 0.2) is 59.3 Å². The van der Waals surface area contributed by atoms with E-state index in [1.807, 2.05) is 12.1 Å². The number of amides is 1. The number of furan rings is 1. The third-order valence-corrected chi connectivity index (χ3v) is 3.44. The summed E-state index contributed by atoms with van der Waals surface area (Å²) in [5.74, 6) is 1.65. The summed E-state index contributed by atoms with van der Waals surface area (Å²) < 4.78 is 15.6. The number of rotatable bonds is 6. The van der Waals surface area contributed by atoms with E-state index in [2.05, 4.69) is 15.6 Å². The van der Waals surface area contributed by atoms with Crippen LogP contribution in [-0.2, 0) is 0 Å². The quantitative estimate of drug-likeness (QED) is 0.712. The van der Waals surface area contributed by atoms with E-state index < -0.39 is 0 Å². The lowest BCUT2D eigenvalue weighted by atomic mass is 10.2. The molecule has 0 unspecified atom stereocenters. The molecule has 2 heterocycles. The van der Waals surface area contributed by atoms with Crippen LogP contribution in [0.5, 0.6) is 11.5 Å². The fourth-order valence-corrected chi connectivity index (χ4v) is 2.18. The molecule has 0 aliphatic carbocycles. The van der Waals surface area contributed by atoms with Crippen molar-refractivity contribution < 1.29 is 18.7 Å². The van der Waals surface area contributed by atoms with Crippen molar-refractivity contribution in [2.24, 2.45) is 0 Å². The minimum absolute atomic E-state index is 0.229. The van der Waals surface area contributed by atoms with Crippen molar-refractivity contribution in [1.82, 2.24) is 4.98 Å². The van der Waals surface area contributed by atoms with Crippen molar-refractivity contribution in [2.45, 2.75) is 0 Å². The molecule has 1 aromatic carbocycles. The Kier molecular flexibility index (Phi) is 4.84. The SMILES string of the molecule is COc1ccc(Nc2ccc(NC(=O)c3ccco3)nc2)c(OC)c1. The summed E-state index contributed by atoms with van der Waals surface area (Å²) in [5, 5.41) is 5.87. The molecule has 0 atom stereocenters. The van der Waals surface area contributed by atoms with Crippen molar-refractivity contribution in [3.8, 4) is 11.5 Å². The Morgan fingerprint density at radius 2 is 2.00 bits per heavy atom. The third-order valence-electron chi connectivity index (χ3n) is 3.44. The molecule has 2 N–H and O–H groups in total. The smallest absolute Gasteiger partial charge is 0.292 e. The first-order valence-electron chi connectivity index (χ1n) is 7.49. The molecule has 0 spiro atoms. The molecule has 0 fully saturated rings. The van der Waals surface area contributed by atoms with E-state index in [0.717, 1.165) is 11.4 Å². The highest BCUT2D eigenvalue weighted by Crippen LogP contribution is 2.31. The predicted molar refractivity (Wildman–Crippen MR) is 93.7 cm³/mol. The van der Waals surface area contributed by atoms with Crippen molar-refractivity contribution in [3.63, 3.8) is 0 Å². The van der Waals surface area contributed by atoms with E-state index in [-0.39, 0.29) is 11.7 Å². The largest absolute Gasteiger partial charge is 0.497 e. The van der Waals surface area contributed by atoms with E-state index in [9.17, 15) is 4.79 Å². The van der Waals surface area contributed by atoms with Crippen LogP contribution in [0, 0.1) is 0 Å². The van der Waals surface area contributed by atoms with Crippen LogP contribution in [0.4, 0.5) is 17.2 Å². The van der Waals surface area contributed by atoms with E-state index in [0.29, 0.717) is 17.3 Å². The molecule has 7 nitrogen and oxygen atoms in total. The van der Waals surface area contributed by atoms with Gasteiger partial charge in [0.1, 0.15) is 17.3 Å². The molecular weight excluding hydrogens is 322 g/mol. The molecule has 0 aliphatic rings. The lowest BCUT2D eigenvalue weighted by Crippen LogP contribution is -2.11. The molecule has 128 valence electrons. The molecule has 3 rings (SSSR count). The summed E-state index contributed by atoms with van der Waals surface area (Å²) in [7, 11) is 3.19. The molecular formula is C18H17N3O4. The van der Waals surface area contributed by atoms with Gasteiger partial charge in [0.2, 0.25) is 0 Å². The van der Waals surface area contributed by atoms with Gasteiger partial charge in [0, 0.05) is 6.07 Å². The highest BCUT2D eigenvalue weighted by atomic mass is 16.5. The topological polar surface area (TPSA) is 85.6 Å². The summed E-state index contributed by atoms with van der Waals surface area (Å²) in [4.78, 5) is 16.1. The molecule has 0 aliphatic heterocycles. The summed E-state index contributed by atoms with van der Waals surface area (Å²) >= 11 is 0. The molecule has 0 radical (unpaired) electrons. The number of carbonyl (C=O) groups is 1. The standard InChI is InChI=1S/C18H17N3O4/c1-23-13-6-7-14(16(10-13)24-2)20-12-5-8-17(19-11-12)21-18(22)15-4-3-9-25-15/h3-11,20H,1-2H3,(H,19,21,22). The van der Waals surface area contributed by atoms with Crippen LogP contribution in [0.25, 0.3) is 0 Å². The first-order chi connectivity index (χ1) is 12.2. The maximum Gasteiger partial charge on any atom is 0.292 e. The van der Waals surface area contributed by atoms with Gasteiger partial charge in [-0.15, -0.1) is 0 Å². The van der Waals surface area contributed by atoms with Crippen molar-refractivity contribution in [2.75, 3.05) is 24.9 Å². The Morgan fingerprint density at radius 1 is 1.12 bits per heavy atom. The number of ether oxygens (including phenoxy) is 2. The zero-order valence-electron chi connectivity index (χ0n) is 13.8. The van der Waals surface area contributed by atoms with Gasteiger partial charge < -0.3 is 24.5 Å². The molecule has 7 heteroatoms. The maximum atomic E-state index is 11.9. The van der Waals surface area contributed by atoms with Crippen LogP contribution in [0.2, 0.25) is 0 Å². The Hall–Kier alpha value is -3.48. The molecule has 2 aromatic heterocycles. The zero-order valence-corrected chi connectivity index (χ0v) is 13.8. The first-order valence-corrected chi connectivity index (χ1v) is 7.49. The normalized spacial score (nSPS) is 10.2. The number of nitrogens with zero attached hydrogens (tertiary/aromatic N) is 1. The Morgan fingerprint density at radius 3 is 2.64 bits per heavy atom. The number of carbonyl (C=O) groups excluding carboxylic acids is 1.